The van der Waals surface area contributed by atoms with Crippen molar-refractivity contribution in [3.05, 3.63) is 34.5 Å². The van der Waals surface area contributed by atoms with Crippen molar-refractivity contribution >= 4 is 23.0 Å². The molecule has 4 nitrogen and oxygen atoms in total. The monoisotopic (exact) mass is 263 g/mol. The number of nitrogen functional groups attached to an aromatic ring is 1. The average molecular weight is 263 g/mol. The number of para-hydroxylation sites is 1. The molecule has 18 heavy (non-hydrogen) atoms. The first-order valence-corrected chi connectivity index (χ1v) is 6.35. The molecule has 5 heteroatoms. The van der Waals surface area contributed by atoms with Gasteiger partial charge in [0.15, 0.2) is 0 Å². The standard InChI is InChI=1S/C13H13NO3S/c1-2-17-10-6-4-3-5-8(10)9-7-18-12(11(9)14)13(15)16/h3-7H,2,14H2,1H3,(H,15,16). The van der Waals surface area contributed by atoms with Crippen LogP contribution in [0.3, 0.4) is 0 Å². The van der Waals surface area contributed by atoms with Gasteiger partial charge in [0, 0.05) is 16.5 Å². The quantitative estimate of drug-likeness (QED) is 0.889. The first kappa shape index (κ1) is 12.4. The largest absolute Gasteiger partial charge is 0.493 e. The molecule has 0 aliphatic carbocycles. The summed E-state index contributed by atoms with van der Waals surface area (Å²) < 4.78 is 5.52. The highest BCUT2D eigenvalue weighted by Gasteiger charge is 2.17. The van der Waals surface area contributed by atoms with Gasteiger partial charge in [-0.05, 0) is 13.0 Å². The molecule has 0 aliphatic rings. The van der Waals surface area contributed by atoms with Crippen LogP contribution >= 0.6 is 11.3 Å². The zero-order valence-corrected chi connectivity index (χ0v) is 10.7. The number of aromatic carboxylic acids is 1. The van der Waals surface area contributed by atoms with Crippen molar-refractivity contribution in [1.82, 2.24) is 0 Å². The number of carboxylic acid groups (broad SMARTS) is 1. The van der Waals surface area contributed by atoms with E-state index in [4.69, 9.17) is 15.6 Å². The highest BCUT2D eigenvalue weighted by Crippen LogP contribution is 2.38. The number of anilines is 1. The van der Waals surface area contributed by atoms with E-state index in [1.54, 1.807) is 5.38 Å². The Morgan fingerprint density at radius 1 is 1.39 bits per heavy atom. The first-order chi connectivity index (χ1) is 8.65. The van der Waals surface area contributed by atoms with Gasteiger partial charge in [-0.25, -0.2) is 4.79 Å². The van der Waals surface area contributed by atoms with E-state index in [1.165, 1.54) is 0 Å². The Balaban J connectivity index is 2.52. The van der Waals surface area contributed by atoms with Gasteiger partial charge < -0.3 is 15.6 Å². The summed E-state index contributed by atoms with van der Waals surface area (Å²) in [5, 5.41) is 10.7. The van der Waals surface area contributed by atoms with E-state index in [-0.39, 0.29) is 4.88 Å². The van der Waals surface area contributed by atoms with Crippen LogP contribution in [0, 0.1) is 0 Å². The molecule has 0 aliphatic heterocycles. The number of ether oxygens (including phenoxy) is 1. The summed E-state index contributed by atoms with van der Waals surface area (Å²) in [4.78, 5) is 11.1. The molecule has 3 N–H and O–H groups in total. The molecule has 1 aromatic heterocycles. The fourth-order valence-electron chi connectivity index (χ4n) is 1.71. The molecule has 0 fully saturated rings. The van der Waals surface area contributed by atoms with E-state index >= 15 is 0 Å². The number of hydrogen-bond donors (Lipinski definition) is 2. The smallest absolute Gasteiger partial charge is 0.348 e. The predicted octanol–water partition coefficient (Wildman–Crippen LogP) is 3.09. The van der Waals surface area contributed by atoms with Crippen molar-refractivity contribution in [2.75, 3.05) is 12.3 Å². The minimum Gasteiger partial charge on any atom is -0.493 e. The molecule has 0 saturated heterocycles. The summed E-state index contributed by atoms with van der Waals surface area (Å²) >= 11 is 1.13. The van der Waals surface area contributed by atoms with Gasteiger partial charge in [-0.2, -0.15) is 0 Å². The summed E-state index contributed by atoms with van der Waals surface area (Å²) in [6, 6.07) is 7.45. The number of nitrogens with two attached hydrogens (primary N) is 1. The molecule has 0 bridgehead atoms. The van der Waals surface area contributed by atoms with Gasteiger partial charge in [0.1, 0.15) is 10.6 Å². The molecule has 2 rings (SSSR count). The van der Waals surface area contributed by atoms with Crippen LogP contribution in [0.1, 0.15) is 16.6 Å². The third kappa shape index (κ3) is 2.17. The Hall–Kier alpha value is -2.01. The summed E-state index contributed by atoms with van der Waals surface area (Å²) in [6.07, 6.45) is 0. The Morgan fingerprint density at radius 2 is 2.11 bits per heavy atom. The maximum atomic E-state index is 11.0. The van der Waals surface area contributed by atoms with Crippen LogP contribution in [0.15, 0.2) is 29.6 Å². The lowest BCUT2D eigenvalue weighted by Crippen LogP contribution is -1.99. The van der Waals surface area contributed by atoms with Gasteiger partial charge in [0.2, 0.25) is 0 Å². The van der Waals surface area contributed by atoms with Crippen LogP contribution in [-0.4, -0.2) is 17.7 Å². The summed E-state index contributed by atoms with van der Waals surface area (Å²) in [6.45, 7) is 2.45. The molecular formula is C13H13NO3S. The minimum absolute atomic E-state index is 0.163. The van der Waals surface area contributed by atoms with Crippen LogP contribution < -0.4 is 10.5 Å². The predicted molar refractivity (Wildman–Crippen MR) is 72.3 cm³/mol. The molecule has 0 atom stereocenters. The van der Waals surface area contributed by atoms with Crippen LogP contribution in [-0.2, 0) is 0 Å². The van der Waals surface area contributed by atoms with E-state index in [0.29, 0.717) is 23.6 Å². The van der Waals surface area contributed by atoms with Crippen molar-refractivity contribution in [1.29, 1.82) is 0 Å². The van der Waals surface area contributed by atoms with Gasteiger partial charge in [-0.1, -0.05) is 18.2 Å². The molecule has 0 spiro atoms. The zero-order chi connectivity index (χ0) is 13.1. The first-order valence-electron chi connectivity index (χ1n) is 5.47. The second-order valence-corrected chi connectivity index (χ2v) is 4.51. The molecule has 2 aromatic rings. The van der Waals surface area contributed by atoms with Crippen LogP contribution in [0.2, 0.25) is 0 Å². The van der Waals surface area contributed by atoms with Gasteiger partial charge in [0.05, 0.1) is 12.3 Å². The van der Waals surface area contributed by atoms with Crippen molar-refractivity contribution in [3.8, 4) is 16.9 Å². The normalized spacial score (nSPS) is 10.3. The lowest BCUT2D eigenvalue weighted by Gasteiger charge is -2.09. The lowest BCUT2D eigenvalue weighted by atomic mass is 10.1. The summed E-state index contributed by atoms with van der Waals surface area (Å²) in [5.41, 5.74) is 7.70. The third-order valence-electron chi connectivity index (χ3n) is 2.50. The Kier molecular flexibility index (Phi) is 3.53. The highest BCUT2D eigenvalue weighted by atomic mass is 32.1. The van der Waals surface area contributed by atoms with Crippen molar-refractivity contribution in [2.45, 2.75) is 6.92 Å². The number of carboxylic acids is 1. The SMILES string of the molecule is CCOc1ccccc1-c1csc(C(=O)O)c1N. The molecule has 0 radical (unpaired) electrons. The van der Waals surface area contributed by atoms with E-state index < -0.39 is 5.97 Å². The Morgan fingerprint density at radius 3 is 2.72 bits per heavy atom. The summed E-state index contributed by atoms with van der Waals surface area (Å²) in [5.74, 6) is -0.293. The minimum atomic E-state index is -1.00. The van der Waals surface area contributed by atoms with Crippen LogP contribution in [0.25, 0.3) is 11.1 Å². The van der Waals surface area contributed by atoms with Gasteiger partial charge in [-0.15, -0.1) is 11.3 Å². The second kappa shape index (κ2) is 5.10. The second-order valence-electron chi connectivity index (χ2n) is 3.63. The number of hydrogen-bond acceptors (Lipinski definition) is 4. The molecule has 1 heterocycles. The third-order valence-corrected chi connectivity index (χ3v) is 3.48. The molecular weight excluding hydrogens is 250 g/mol. The van der Waals surface area contributed by atoms with Gasteiger partial charge >= 0.3 is 5.97 Å². The average Bonchev–Trinajstić information content (AvgIpc) is 2.72. The molecule has 94 valence electrons. The fourth-order valence-corrected chi connectivity index (χ4v) is 2.54. The van der Waals surface area contributed by atoms with Crippen molar-refractivity contribution in [3.63, 3.8) is 0 Å². The van der Waals surface area contributed by atoms with E-state index in [9.17, 15) is 4.79 Å². The fraction of sp³-hybridized carbons (Fsp3) is 0.154. The van der Waals surface area contributed by atoms with Crippen LogP contribution in [0.4, 0.5) is 5.69 Å². The zero-order valence-electron chi connectivity index (χ0n) is 9.84. The molecule has 0 amide bonds. The van der Waals surface area contributed by atoms with E-state index in [1.807, 2.05) is 31.2 Å². The van der Waals surface area contributed by atoms with E-state index in [0.717, 1.165) is 16.9 Å². The van der Waals surface area contributed by atoms with Crippen LogP contribution in [0.5, 0.6) is 5.75 Å². The molecule has 1 aromatic carbocycles. The highest BCUT2D eigenvalue weighted by molar-refractivity contribution is 7.13. The maximum Gasteiger partial charge on any atom is 0.348 e. The molecule has 0 saturated carbocycles. The van der Waals surface area contributed by atoms with Gasteiger partial charge in [-0.3, -0.25) is 0 Å². The number of benzene rings is 1. The van der Waals surface area contributed by atoms with E-state index in [2.05, 4.69) is 0 Å². The van der Waals surface area contributed by atoms with Gasteiger partial charge in [0.25, 0.3) is 0 Å². The van der Waals surface area contributed by atoms with Crippen molar-refractivity contribution < 1.29 is 14.6 Å². The van der Waals surface area contributed by atoms with Crippen molar-refractivity contribution in [2.24, 2.45) is 0 Å². The lowest BCUT2D eigenvalue weighted by molar-refractivity contribution is 0.0703. The molecule has 0 unspecified atom stereocenters. The number of rotatable bonds is 4. The topological polar surface area (TPSA) is 72.5 Å². The maximum absolute atomic E-state index is 11.0. The number of thiophene rings is 1. The Bertz CT molecular complexity index is 577. The summed E-state index contributed by atoms with van der Waals surface area (Å²) in [7, 11) is 0. The number of carbonyl (C=O) groups is 1. The Labute approximate surface area is 109 Å².